The van der Waals surface area contributed by atoms with E-state index in [1.807, 2.05) is 0 Å². The molecular formula is C10H17N5O4S. The molecule has 20 heavy (non-hydrogen) atoms. The van der Waals surface area contributed by atoms with E-state index in [9.17, 15) is 13.2 Å². The van der Waals surface area contributed by atoms with Gasteiger partial charge >= 0.3 is 5.97 Å². The lowest BCUT2D eigenvalue weighted by atomic mass is 9.99. The fourth-order valence-corrected chi connectivity index (χ4v) is 3.24. The van der Waals surface area contributed by atoms with Crippen LogP contribution < -0.4 is 4.72 Å². The van der Waals surface area contributed by atoms with Gasteiger partial charge in [-0.2, -0.15) is 17.4 Å². The van der Waals surface area contributed by atoms with E-state index in [4.69, 9.17) is 5.11 Å². The predicted molar refractivity (Wildman–Crippen MR) is 68.7 cm³/mol. The lowest BCUT2D eigenvalue weighted by molar-refractivity contribution is -0.142. The van der Waals surface area contributed by atoms with Crippen molar-refractivity contribution in [2.24, 2.45) is 13.0 Å². The zero-order valence-electron chi connectivity index (χ0n) is 11.1. The number of aliphatic carboxylic acids is 1. The standard InChI is InChI=1S/C10H17N5O4S/c1-14-7-11-13-9(14)6-12-20(18,19)15-4-2-8(3-5-15)10(16)17/h7-8,12H,2-6H2,1H3,(H,16,17). The SMILES string of the molecule is Cn1cnnc1CNS(=O)(=O)N1CCC(C(=O)O)CC1. The van der Waals surface area contributed by atoms with Crippen molar-refractivity contribution in [2.75, 3.05) is 13.1 Å². The zero-order valence-corrected chi connectivity index (χ0v) is 11.9. The summed E-state index contributed by atoms with van der Waals surface area (Å²) in [5.74, 6) is -0.816. The van der Waals surface area contributed by atoms with Crippen LogP contribution in [0.15, 0.2) is 6.33 Å². The Morgan fingerprint density at radius 3 is 2.65 bits per heavy atom. The van der Waals surface area contributed by atoms with Gasteiger partial charge in [-0.15, -0.1) is 10.2 Å². The third-order valence-electron chi connectivity index (χ3n) is 3.36. The van der Waals surface area contributed by atoms with Crippen molar-refractivity contribution in [3.8, 4) is 0 Å². The summed E-state index contributed by atoms with van der Waals surface area (Å²) >= 11 is 0. The molecule has 1 saturated heterocycles. The molecule has 0 spiro atoms. The van der Waals surface area contributed by atoms with Crippen LogP contribution in [-0.4, -0.2) is 51.7 Å². The number of aromatic nitrogens is 3. The van der Waals surface area contributed by atoms with Crippen molar-refractivity contribution >= 4 is 16.2 Å². The van der Waals surface area contributed by atoms with Gasteiger partial charge in [0.1, 0.15) is 12.2 Å². The molecule has 2 N–H and O–H groups in total. The number of piperidine rings is 1. The Morgan fingerprint density at radius 1 is 1.50 bits per heavy atom. The molecule has 0 bridgehead atoms. The highest BCUT2D eigenvalue weighted by atomic mass is 32.2. The van der Waals surface area contributed by atoms with Crippen LogP contribution in [0.25, 0.3) is 0 Å². The van der Waals surface area contributed by atoms with Crippen LogP contribution in [0.3, 0.4) is 0 Å². The van der Waals surface area contributed by atoms with E-state index in [0.717, 1.165) is 0 Å². The topological polar surface area (TPSA) is 117 Å². The highest BCUT2D eigenvalue weighted by molar-refractivity contribution is 7.87. The largest absolute Gasteiger partial charge is 0.481 e. The first-order chi connectivity index (χ1) is 9.40. The summed E-state index contributed by atoms with van der Waals surface area (Å²) in [6.07, 6.45) is 2.16. The number of carbonyl (C=O) groups is 1. The van der Waals surface area contributed by atoms with Crippen LogP contribution >= 0.6 is 0 Å². The molecule has 0 saturated carbocycles. The minimum Gasteiger partial charge on any atom is -0.481 e. The molecule has 2 heterocycles. The molecule has 0 unspecified atom stereocenters. The van der Waals surface area contributed by atoms with Gasteiger partial charge in [0, 0.05) is 20.1 Å². The van der Waals surface area contributed by atoms with Crippen molar-refractivity contribution in [2.45, 2.75) is 19.4 Å². The summed E-state index contributed by atoms with van der Waals surface area (Å²) in [5.41, 5.74) is 0. The third kappa shape index (κ3) is 3.32. The number of nitrogens with one attached hydrogen (secondary N) is 1. The first kappa shape index (κ1) is 14.9. The molecule has 0 aliphatic carbocycles. The summed E-state index contributed by atoms with van der Waals surface area (Å²) in [4.78, 5) is 10.8. The molecule has 0 aromatic carbocycles. The van der Waals surface area contributed by atoms with Crippen LogP contribution in [-0.2, 0) is 28.6 Å². The third-order valence-corrected chi connectivity index (χ3v) is 4.92. The molecule has 1 aromatic rings. The smallest absolute Gasteiger partial charge is 0.306 e. The second-order valence-corrected chi connectivity index (χ2v) is 6.45. The first-order valence-electron chi connectivity index (χ1n) is 6.20. The lowest BCUT2D eigenvalue weighted by Gasteiger charge is -2.29. The lowest BCUT2D eigenvalue weighted by Crippen LogP contribution is -2.45. The maximum Gasteiger partial charge on any atom is 0.306 e. The number of rotatable bonds is 5. The van der Waals surface area contributed by atoms with E-state index in [2.05, 4.69) is 14.9 Å². The molecule has 1 aliphatic rings. The quantitative estimate of drug-likeness (QED) is 0.716. The summed E-state index contributed by atoms with van der Waals surface area (Å²) in [7, 11) is -1.89. The molecule has 10 heteroatoms. The van der Waals surface area contributed by atoms with Crippen molar-refractivity contribution in [1.82, 2.24) is 23.8 Å². The Kier molecular flexibility index (Phi) is 4.35. The highest BCUT2D eigenvalue weighted by Gasteiger charge is 2.30. The molecule has 112 valence electrons. The Balaban J connectivity index is 1.91. The Morgan fingerprint density at radius 2 is 2.15 bits per heavy atom. The normalized spacial score (nSPS) is 18.2. The molecule has 0 radical (unpaired) electrons. The molecule has 0 amide bonds. The fraction of sp³-hybridized carbons (Fsp3) is 0.700. The number of carboxylic acid groups (broad SMARTS) is 1. The van der Waals surface area contributed by atoms with Gasteiger partial charge in [0.25, 0.3) is 10.2 Å². The van der Waals surface area contributed by atoms with Crippen molar-refractivity contribution in [1.29, 1.82) is 0 Å². The van der Waals surface area contributed by atoms with E-state index >= 15 is 0 Å². The van der Waals surface area contributed by atoms with Gasteiger partial charge < -0.3 is 9.67 Å². The van der Waals surface area contributed by atoms with Crippen molar-refractivity contribution < 1.29 is 18.3 Å². The molecule has 1 fully saturated rings. The Hall–Kier alpha value is -1.52. The number of hydrogen-bond donors (Lipinski definition) is 2. The minimum atomic E-state index is -3.62. The summed E-state index contributed by atoms with van der Waals surface area (Å²) in [6, 6.07) is 0. The van der Waals surface area contributed by atoms with Gasteiger partial charge in [0.15, 0.2) is 0 Å². The fourth-order valence-electron chi connectivity index (χ4n) is 2.06. The zero-order chi connectivity index (χ0) is 14.8. The summed E-state index contributed by atoms with van der Waals surface area (Å²) < 4.78 is 29.5. The van der Waals surface area contributed by atoms with E-state index in [-0.39, 0.29) is 19.6 Å². The van der Waals surface area contributed by atoms with E-state index < -0.39 is 22.1 Å². The monoisotopic (exact) mass is 303 g/mol. The minimum absolute atomic E-state index is 0.0533. The highest BCUT2D eigenvalue weighted by Crippen LogP contribution is 2.19. The summed E-state index contributed by atoms with van der Waals surface area (Å²) in [6.45, 7) is 0.480. The van der Waals surface area contributed by atoms with E-state index in [1.54, 1.807) is 11.6 Å². The molecular weight excluding hydrogens is 286 g/mol. The van der Waals surface area contributed by atoms with Gasteiger partial charge in [-0.25, -0.2) is 0 Å². The molecule has 2 rings (SSSR count). The van der Waals surface area contributed by atoms with Crippen LogP contribution in [0.1, 0.15) is 18.7 Å². The number of nitrogens with zero attached hydrogens (tertiary/aromatic N) is 4. The number of aryl methyl sites for hydroxylation is 1. The maximum absolute atomic E-state index is 12.1. The van der Waals surface area contributed by atoms with Crippen LogP contribution in [0.2, 0.25) is 0 Å². The predicted octanol–water partition coefficient (Wildman–Crippen LogP) is -1.05. The van der Waals surface area contributed by atoms with Gasteiger partial charge in [0.2, 0.25) is 0 Å². The maximum atomic E-state index is 12.1. The molecule has 1 aromatic heterocycles. The first-order valence-corrected chi connectivity index (χ1v) is 7.64. The molecule has 1 aliphatic heterocycles. The average Bonchev–Trinajstić information content (AvgIpc) is 2.82. The van der Waals surface area contributed by atoms with Crippen LogP contribution in [0.4, 0.5) is 0 Å². The van der Waals surface area contributed by atoms with Gasteiger partial charge in [-0.1, -0.05) is 0 Å². The number of hydrogen-bond acceptors (Lipinski definition) is 5. The molecule has 9 nitrogen and oxygen atoms in total. The number of carboxylic acids is 1. The Bertz CT molecular complexity index is 576. The van der Waals surface area contributed by atoms with Crippen LogP contribution in [0.5, 0.6) is 0 Å². The molecule has 0 atom stereocenters. The average molecular weight is 303 g/mol. The van der Waals surface area contributed by atoms with Crippen LogP contribution in [0, 0.1) is 5.92 Å². The Labute approximate surface area is 116 Å². The second kappa shape index (κ2) is 5.85. The van der Waals surface area contributed by atoms with Gasteiger partial charge in [-0.05, 0) is 12.8 Å². The van der Waals surface area contributed by atoms with E-state index in [1.165, 1.54) is 10.6 Å². The van der Waals surface area contributed by atoms with Gasteiger partial charge in [-0.3, -0.25) is 4.79 Å². The van der Waals surface area contributed by atoms with Crippen molar-refractivity contribution in [3.63, 3.8) is 0 Å². The summed E-state index contributed by atoms with van der Waals surface area (Å²) in [5, 5.41) is 16.3. The van der Waals surface area contributed by atoms with E-state index in [0.29, 0.717) is 18.7 Å². The van der Waals surface area contributed by atoms with Crippen molar-refractivity contribution in [3.05, 3.63) is 12.2 Å². The van der Waals surface area contributed by atoms with Gasteiger partial charge in [0.05, 0.1) is 12.5 Å². The second-order valence-electron chi connectivity index (χ2n) is 4.70.